The molecule has 120 valence electrons. The van der Waals surface area contributed by atoms with Crippen LogP contribution in [0.4, 0.5) is 0 Å². The Kier molecular flexibility index (Phi) is 5.13. The van der Waals surface area contributed by atoms with Crippen LogP contribution < -0.4 is 21.7 Å². The van der Waals surface area contributed by atoms with Crippen molar-refractivity contribution in [3.8, 4) is 0 Å². The van der Waals surface area contributed by atoms with Crippen molar-refractivity contribution in [1.29, 1.82) is 0 Å². The maximum Gasteiger partial charge on any atom is 0.330 e. The highest BCUT2D eigenvalue weighted by Crippen LogP contribution is 2.11. The Hall–Kier alpha value is -1.45. The Morgan fingerprint density at radius 3 is 2.24 bits per heavy atom. The number of rotatable bonds is 6. The lowest BCUT2D eigenvalue weighted by atomic mass is 9.95. The number of nitrogens with one attached hydrogen (secondary N) is 1. The van der Waals surface area contributed by atoms with E-state index in [9.17, 15) is 18.0 Å². The Bertz CT molecular complexity index is 729. The van der Waals surface area contributed by atoms with Gasteiger partial charge in [-0.3, -0.25) is 9.36 Å². The van der Waals surface area contributed by atoms with E-state index in [0.29, 0.717) is 12.8 Å². The summed E-state index contributed by atoms with van der Waals surface area (Å²) >= 11 is 0. The third-order valence-corrected chi connectivity index (χ3v) is 5.11. The second kappa shape index (κ2) is 6.12. The first-order chi connectivity index (χ1) is 9.58. The molecule has 0 aromatic carbocycles. The van der Waals surface area contributed by atoms with Crippen molar-refractivity contribution in [3.63, 3.8) is 0 Å². The van der Waals surface area contributed by atoms with Gasteiger partial charge in [-0.2, -0.15) is 0 Å². The van der Waals surface area contributed by atoms with Crippen molar-refractivity contribution in [3.05, 3.63) is 27.0 Å². The maximum atomic E-state index is 12.3. The number of hydrogen-bond donors (Lipinski definition) is 2. The largest absolute Gasteiger partial charge is 0.330 e. The van der Waals surface area contributed by atoms with Gasteiger partial charge >= 0.3 is 5.69 Å². The van der Waals surface area contributed by atoms with Gasteiger partial charge in [-0.1, -0.05) is 13.8 Å². The molecular formula is C12H22N4O4S. The normalized spacial score (nSPS) is 12.6. The Morgan fingerprint density at radius 1 is 1.24 bits per heavy atom. The highest BCUT2D eigenvalue weighted by molar-refractivity contribution is 7.89. The van der Waals surface area contributed by atoms with Crippen molar-refractivity contribution >= 4 is 10.0 Å². The van der Waals surface area contributed by atoms with Crippen LogP contribution >= 0.6 is 0 Å². The van der Waals surface area contributed by atoms with Crippen LogP contribution in [0.5, 0.6) is 0 Å². The van der Waals surface area contributed by atoms with Crippen LogP contribution in [0.3, 0.4) is 0 Å². The molecule has 1 heterocycles. The average molecular weight is 318 g/mol. The van der Waals surface area contributed by atoms with Gasteiger partial charge in [0.1, 0.15) is 0 Å². The van der Waals surface area contributed by atoms with Crippen LogP contribution in [0.25, 0.3) is 0 Å². The van der Waals surface area contributed by atoms with E-state index in [1.807, 2.05) is 13.8 Å². The molecular weight excluding hydrogens is 296 g/mol. The number of aromatic nitrogens is 2. The van der Waals surface area contributed by atoms with E-state index in [1.165, 1.54) is 14.1 Å². The van der Waals surface area contributed by atoms with Gasteiger partial charge in [-0.25, -0.2) is 17.9 Å². The lowest BCUT2D eigenvalue weighted by Gasteiger charge is -2.26. The lowest BCUT2D eigenvalue weighted by Crippen LogP contribution is -2.50. The van der Waals surface area contributed by atoms with Crippen molar-refractivity contribution in [2.24, 2.45) is 19.8 Å². The second-order valence-corrected chi connectivity index (χ2v) is 6.88. The van der Waals surface area contributed by atoms with Gasteiger partial charge in [0.2, 0.25) is 10.0 Å². The third kappa shape index (κ3) is 3.60. The van der Waals surface area contributed by atoms with Gasteiger partial charge in [0.15, 0.2) is 4.90 Å². The Morgan fingerprint density at radius 2 is 1.76 bits per heavy atom. The van der Waals surface area contributed by atoms with Crippen LogP contribution in [0.2, 0.25) is 0 Å². The lowest BCUT2D eigenvalue weighted by molar-refractivity contribution is 0.391. The molecule has 0 saturated carbocycles. The summed E-state index contributed by atoms with van der Waals surface area (Å²) in [6.07, 6.45) is 2.21. The third-order valence-electron chi connectivity index (χ3n) is 3.73. The van der Waals surface area contributed by atoms with Crippen LogP contribution in [-0.2, 0) is 24.1 Å². The van der Waals surface area contributed by atoms with Gasteiger partial charge in [-0.05, 0) is 12.8 Å². The molecule has 0 amide bonds. The number of nitrogens with zero attached hydrogens (tertiary/aromatic N) is 2. The zero-order valence-electron chi connectivity index (χ0n) is 12.7. The topological polar surface area (TPSA) is 116 Å². The monoisotopic (exact) mass is 318 g/mol. The molecule has 0 spiro atoms. The molecule has 0 saturated heterocycles. The number of hydrogen-bond acceptors (Lipinski definition) is 5. The summed E-state index contributed by atoms with van der Waals surface area (Å²) in [5.74, 6) is 0. The molecule has 1 aromatic rings. The Balaban J connectivity index is 3.22. The van der Waals surface area contributed by atoms with Crippen LogP contribution in [-0.4, -0.2) is 29.6 Å². The first-order valence-corrected chi connectivity index (χ1v) is 8.11. The van der Waals surface area contributed by atoms with Gasteiger partial charge < -0.3 is 10.3 Å². The highest BCUT2D eigenvalue weighted by atomic mass is 32.2. The second-order valence-electron chi connectivity index (χ2n) is 5.15. The molecule has 0 bridgehead atoms. The molecule has 0 atom stereocenters. The minimum absolute atomic E-state index is 0.0222. The number of aryl methyl sites for hydroxylation is 1. The zero-order chi connectivity index (χ0) is 16.4. The van der Waals surface area contributed by atoms with E-state index >= 15 is 0 Å². The van der Waals surface area contributed by atoms with Crippen LogP contribution in [0.15, 0.2) is 20.7 Å². The fourth-order valence-electron chi connectivity index (χ4n) is 1.78. The smallest absolute Gasteiger partial charge is 0.324 e. The van der Waals surface area contributed by atoms with Crippen molar-refractivity contribution in [2.45, 2.75) is 37.1 Å². The molecule has 9 heteroatoms. The van der Waals surface area contributed by atoms with E-state index in [-0.39, 0.29) is 6.54 Å². The van der Waals surface area contributed by atoms with E-state index in [1.54, 1.807) is 0 Å². The summed E-state index contributed by atoms with van der Waals surface area (Å²) in [6.45, 7) is 3.75. The van der Waals surface area contributed by atoms with Crippen molar-refractivity contribution in [1.82, 2.24) is 13.9 Å². The Labute approximate surface area is 123 Å². The molecule has 0 aliphatic rings. The molecule has 21 heavy (non-hydrogen) atoms. The van der Waals surface area contributed by atoms with Crippen molar-refractivity contribution < 1.29 is 8.42 Å². The van der Waals surface area contributed by atoms with Gasteiger partial charge in [0.25, 0.3) is 5.56 Å². The summed E-state index contributed by atoms with van der Waals surface area (Å²) in [4.78, 5) is 23.0. The van der Waals surface area contributed by atoms with E-state index in [0.717, 1.165) is 15.3 Å². The standard InChI is InChI=1S/C12H22N4O4S/c1-5-12(13,6-2)8-14-21(19,20)9-7-15(3)11(18)16(4)10(9)17/h7,14H,5-6,8,13H2,1-4H3. The maximum absolute atomic E-state index is 12.3. The minimum atomic E-state index is -4.03. The molecule has 0 aliphatic carbocycles. The van der Waals surface area contributed by atoms with Crippen molar-refractivity contribution in [2.75, 3.05) is 6.54 Å². The van der Waals surface area contributed by atoms with Crippen LogP contribution in [0, 0.1) is 0 Å². The predicted molar refractivity (Wildman–Crippen MR) is 79.6 cm³/mol. The zero-order valence-corrected chi connectivity index (χ0v) is 13.5. The SMILES string of the molecule is CCC(N)(CC)CNS(=O)(=O)c1cn(C)c(=O)n(C)c1=O. The molecule has 0 fully saturated rings. The average Bonchev–Trinajstić information content (AvgIpc) is 2.46. The number of sulfonamides is 1. The first-order valence-electron chi connectivity index (χ1n) is 6.63. The molecule has 0 unspecified atom stereocenters. The molecule has 1 aromatic heterocycles. The molecule has 1 rings (SSSR count). The predicted octanol–water partition coefficient (Wildman–Crippen LogP) is -1.12. The molecule has 0 aliphatic heterocycles. The first kappa shape index (κ1) is 17.6. The van der Waals surface area contributed by atoms with Gasteiger partial charge in [-0.15, -0.1) is 0 Å². The molecule has 0 radical (unpaired) electrons. The summed E-state index contributed by atoms with van der Waals surface area (Å²) in [5.41, 5.74) is 3.92. The van der Waals surface area contributed by atoms with Gasteiger partial charge in [0.05, 0.1) is 0 Å². The van der Waals surface area contributed by atoms with Crippen LogP contribution in [0.1, 0.15) is 26.7 Å². The summed E-state index contributed by atoms with van der Waals surface area (Å²) in [6, 6.07) is 0. The fraction of sp³-hybridized carbons (Fsp3) is 0.667. The highest BCUT2D eigenvalue weighted by Gasteiger charge is 2.26. The van der Waals surface area contributed by atoms with E-state index < -0.39 is 31.7 Å². The number of nitrogens with two attached hydrogens (primary N) is 1. The summed E-state index contributed by atoms with van der Waals surface area (Å²) in [5, 5.41) is 0. The minimum Gasteiger partial charge on any atom is -0.324 e. The molecule has 8 nitrogen and oxygen atoms in total. The van der Waals surface area contributed by atoms with Gasteiger partial charge in [0, 0.05) is 32.4 Å². The molecule has 3 N–H and O–H groups in total. The fourth-order valence-corrected chi connectivity index (χ4v) is 3.07. The van der Waals surface area contributed by atoms with E-state index in [2.05, 4.69) is 4.72 Å². The van der Waals surface area contributed by atoms with E-state index in [4.69, 9.17) is 5.73 Å². The summed E-state index contributed by atoms with van der Waals surface area (Å²) < 4.78 is 28.7. The summed E-state index contributed by atoms with van der Waals surface area (Å²) in [7, 11) is -1.42. The quantitative estimate of drug-likeness (QED) is 0.689.